The van der Waals surface area contributed by atoms with Gasteiger partial charge in [0.05, 0.1) is 23.5 Å². The van der Waals surface area contributed by atoms with E-state index in [1.807, 2.05) is 11.9 Å². The molecule has 1 aromatic carbocycles. The molecule has 0 atom stereocenters. The van der Waals surface area contributed by atoms with Gasteiger partial charge >= 0.3 is 6.18 Å². The molecule has 2 N–H and O–H groups in total. The molecule has 194 valence electrons. The van der Waals surface area contributed by atoms with Crippen LogP contribution in [0, 0.1) is 0 Å². The summed E-state index contributed by atoms with van der Waals surface area (Å²) < 4.78 is 56.8. The number of carbonyl (C=O) groups excluding carboxylic acids is 1. The number of benzene rings is 1. The summed E-state index contributed by atoms with van der Waals surface area (Å²) >= 11 is 0. The smallest absolute Gasteiger partial charge is 0.356 e. The van der Waals surface area contributed by atoms with Crippen LogP contribution >= 0.6 is 0 Å². The summed E-state index contributed by atoms with van der Waals surface area (Å²) in [5.74, 6) is -0.659. The zero-order chi connectivity index (χ0) is 26.7. The molecule has 2 aromatic heterocycles. The summed E-state index contributed by atoms with van der Waals surface area (Å²) in [6.45, 7) is 4.10. The number of fused-ring (bicyclic) bond motifs is 1. The molecule has 0 aliphatic carbocycles. The number of hydrogen-bond acceptors (Lipinski definition) is 6. The van der Waals surface area contributed by atoms with Crippen LogP contribution in [0.25, 0.3) is 22.4 Å². The maximum Gasteiger partial charge on any atom is 0.417 e. The van der Waals surface area contributed by atoms with E-state index in [9.17, 15) is 22.4 Å². The quantitative estimate of drug-likeness (QED) is 0.456. The van der Waals surface area contributed by atoms with Gasteiger partial charge < -0.3 is 10.6 Å². The van der Waals surface area contributed by atoms with Crippen LogP contribution in [0.1, 0.15) is 28.4 Å². The minimum absolute atomic E-state index is 0.0759. The van der Waals surface area contributed by atoms with Crippen molar-refractivity contribution in [1.29, 1.82) is 0 Å². The molecule has 0 radical (unpaired) electrons. The lowest BCUT2D eigenvalue weighted by Crippen LogP contribution is -2.28. The van der Waals surface area contributed by atoms with Crippen LogP contribution in [0.2, 0.25) is 0 Å². The lowest BCUT2D eigenvalue weighted by Gasteiger charge is -2.25. The highest BCUT2D eigenvalue weighted by molar-refractivity contribution is 6.01. The number of alkyl halides is 3. The van der Waals surface area contributed by atoms with Crippen LogP contribution < -0.4 is 10.6 Å². The third kappa shape index (κ3) is 5.85. The van der Waals surface area contributed by atoms with Gasteiger partial charge in [-0.15, -0.1) is 0 Å². The SMILES string of the molecule is C=C(c1nc(/C=C/CNC(=O)c2ncnn2C)cc2c(NC3=C(F)CN(C)CC3)cccc12)C(F)(F)F. The normalized spacial score (nSPS) is 15.0. The second-order valence-electron chi connectivity index (χ2n) is 8.59. The number of likely N-dealkylation sites (N-methyl/N-ethyl adjacent to an activating group) is 1. The Kier molecular flexibility index (Phi) is 7.39. The van der Waals surface area contributed by atoms with Crippen molar-refractivity contribution in [3.8, 4) is 0 Å². The Bertz CT molecular complexity index is 1410. The summed E-state index contributed by atoms with van der Waals surface area (Å²) in [4.78, 5) is 22.1. The third-order valence-corrected chi connectivity index (χ3v) is 5.87. The van der Waals surface area contributed by atoms with E-state index in [1.165, 1.54) is 23.2 Å². The number of hydrogen-bond donors (Lipinski definition) is 2. The number of nitrogens with zero attached hydrogens (tertiary/aromatic N) is 5. The molecule has 1 amide bonds. The number of aryl methyl sites for hydroxylation is 1. The highest BCUT2D eigenvalue weighted by atomic mass is 19.4. The Balaban J connectivity index is 1.67. The summed E-state index contributed by atoms with van der Waals surface area (Å²) in [6.07, 6.45) is 0.0354. The number of carbonyl (C=O) groups is 1. The highest BCUT2D eigenvalue weighted by Gasteiger charge is 2.35. The average Bonchev–Trinajstić information content (AvgIpc) is 3.28. The van der Waals surface area contributed by atoms with Gasteiger partial charge in [-0.3, -0.25) is 9.69 Å². The predicted octanol–water partition coefficient (Wildman–Crippen LogP) is 4.31. The summed E-state index contributed by atoms with van der Waals surface area (Å²) in [5, 5.41) is 10.2. The highest BCUT2D eigenvalue weighted by Crippen LogP contribution is 2.37. The van der Waals surface area contributed by atoms with E-state index in [4.69, 9.17) is 0 Å². The Morgan fingerprint density at radius 1 is 1.24 bits per heavy atom. The molecule has 1 aliphatic heterocycles. The van der Waals surface area contributed by atoms with E-state index in [1.54, 1.807) is 31.3 Å². The molecule has 0 bridgehead atoms. The van der Waals surface area contributed by atoms with Crippen LogP contribution in [0.3, 0.4) is 0 Å². The molecular formula is C25H25F4N7O. The van der Waals surface area contributed by atoms with E-state index in [-0.39, 0.29) is 41.5 Å². The summed E-state index contributed by atoms with van der Waals surface area (Å²) in [5.41, 5.74) is -0.356. The maximum absolute atomic E-state index is 14.6. The van der Waals surface area contributed by atoms with Gasteiger partial charge in [0.25, 0.3) is 5.91 Å². The van der Waals surface area contributed by atoms with E-state index >= 15 is 0 Å². The first-order valence-electron chi connectivity index (χ1n) is 11.4. The van der Waals surface area contributed by atoms with Crippen LogP contribution in [0.15, 0.2) is 54.8 Å². The number of allylic oxidation sites excluding steroid dienone is 1. The summed E-state index contributed by atoms with van der Waals surface area (Å²) in [7, 11) is 3.38. The minimum atomic E-state index is -4.70. The van der Waals surface area contributed by atoms with E-state index in [0.717, 1.165) is 0 Å². The fourth-order valence-corrected chi connectivity index (χ4v) is 3.91. The number of anilines is 1. The first kappa shape index (κ1) is 26.0. The molecule has 0 spiro atoms. The number of nitrogens with one attached hydrogen (secondary N) is 2. The molecule has 3 heterocycles. The Morgan fingerprint density at radius 3 is 2.70 bits per heavy atom. The van der Waals surface area contributed by atoms with Crippen LogP contribution in [-0.4, -0.2) is 63.4 Å². The lowest BCUT2D eigenvalue weighted by molar-refractivity contribution is -0.0688. The van der Waals surface area contributed by atoms with Crippen LogP contribution in [0.4, 0.5) is 23.2 Å². The zero-order valence-corrected chi connectivity index (χ0v) is 20.2. The van der Waals surface area contributed by atoms with Crippen molar-refractivity contribution in [3.63, 3.8) is 0 Å². The molecule has 0 unspecified atom stereocenters. The third-order valence-electron chi connectivity index (χ3n) is 5.87. The Hall–Kier alpha value is -4.06. The predicted molar refractivity (Wildman–Crippen MR) is 133 cm³/mol. The van der Waals surface area contributed by atoms with Crippen LogP contribution in [-0.2, 0) is 7.05 Å². The fourth-order valence-electron chi connectivity index (χ4n) is 3.91. The van der Waals surface area contributed by atoms with Gasteiger partial charge in [-0.1, -0.05) is 24.8 Å². The molecule has 0 saturated carbocycles. The molecule has 1 aliphatic rings. The zero-order valence-electron chi connectivity index (χ0n) is 20.2. The largest absolute Gasteiger partial charge is 0.417 e. The van der Waals surface area contributed by atoms with Crippen molar-refractivity contribution in [2.75, 3.05) is 32.0 Å². The average molecular weight is 516 g/mol. The van der Waals surface area contributed by atoms with E-state index in [2.05, 4.69) is 32.3 Å². The van der Waals surface area contributed by atoms with Gasteiger partial charge in [-0.2, -0.15) is 18.3 Å². The van der Waals surface area contributed by atoms with Crippen molar-refractivity contribution in [1.82, 2.24) is 30.0 Å². The van der Waals surface area contributed by atoms with Gasteiger partial charge in [0.1, 0.15) is 12.2 Å². The summed E-state index contributed by atoms with van der Waals surface area (Å²) in [6, 6.07) is 6.40. The second-order valence-corrected chi connectivity index (χ2v) is 8.59. The van der Waals surface area contributed by atoms with Gasteiger partial charge in [-0.05, 0) is 25.3 Å². The van der Waals surface area contributed by atoms with Gasteiger partial charge in [0.2, 0.25) is 5.82 Å². The van der Waals surface area contributed by atoms with Crippen molar-refractivity contribution in [3.05, 3.63) is 72.0 Å². The number of halogens is 4. The van der Waals surface area contributed by atoms with Crippen molar-refractivity contribution < 1.29 is 22.4 Å². The van der Waals surface area contributed by atoms with Crippen molar-refractivity contribution in [2.45, 2.75) is 12.6 Å². The van der Waals surface area contributed by atoms with Gasteiger partial charge in [-0.25, -0.2) is 19.0 Å². The molecular weight excluding hydrogens is 490 g/mol. The topological polar surface area (TPSA) is 88.0 Å². The molecule has 0 fully saturated rings. The van der Waals surface area contributed by atoms with Crippen molar-refractivity contribution in [2.24, 2.45) is 7.05 Å². The fraction of sp³-hybridized carbons (Fsp3) is 0.280. The first-order valence-corrected chi connectivity index (χ1v) is 11.4. The number of aromatic nitrogens is 4. The Labute approximate surface area is 210 Å². The second kappa shape index (κ2) is 10.5. The number of pyridine rings is 1. The number of amides is 1. The van der Waals surface area contributed by atoms with E-state index < -0.39 is 17.7 Å². The van der Waals surface area contributed by atoms with E-state index in [0.29, 0.717) is 29.7 Å². The van der Waals surface area contributed by atoms with Gasteiger partial charge in [0, 0.05) is 48.7 Å². The standard InChI is InChI=1S/C25H25F4N7O/c1-15(25(27,28)29)22-17-7-4-8-20(34-21-9-11-35(2)13-19(21)26)18(17)12-16(33-22)6-5-10-30-24(37)23-31-14-32-36(23)3/h4-8,12,14,34H,1,9-11,13H2,2-3H3,(H,30,37)/b6-5+. The molecule has 3 aromatic rings. The maximum atomic E-state index is 14.6. The molecule has 12 heteroatoms. The van der Waals surface area contributed by atoms with Gasteiger partial charge in [0.15, 0.2) is 0 Å². The first-order chi connectivity index (χ1) is 17.5. The molecule has 37 heavy (non-hydrogen) atoms. The van der Waals surface area contributed by atoms with Crippen LogP contribution in [0.5, 0.6) is 0 Å². The van der Waals surface area contributed by atoms with Crippen molar-refractivity contribution >= 4 is 34.0 Å². The molecule has 4 rings (SSSR count). The monoisotopic (exact) mass is 515 g/mol. The lowest BCUT2D eigenvalue weighted by atomic mass is 10.0. The Morgan fingerprint density at radius 2 is 2.03 bits per heavy atom. The number of rotatable bonds is 7. The minimum Gasteiger partial charge on any atom is -0.356 e. The molecule has 8 nitrogen and oxygen atoms in total. The molecule has 0 saturated heterocycles.